The first-order valence-corrected chi connectivity index (χ1v) is 3.85. The smallest absolute Gasteiger partial charge is 0.217 e. The number of amides is 1. The highest BCUT2D eigenvalue weighted by atomic mass is 16.1. The van der Waals surface area contributed by atoms with Crippen LogP contribution >= 0.6 is 0 Å². The van der Waals surface area contributed by atoms with Gasteiger partial charge in [0, 0.05) is 6.42 Å². The molecule has 0 saturated heterocycles. The van der Waals surface area contributed by atoms with Gasteiger partial charge >= 0.3 is 0 Å². The van der Waals surface area contributed by atoms with Crippen molar-refractivity contribution in [2.45, 2.75) is 32.1 Å². The molecule has 0 aromatic carbocycles. The highest BCUT2D eigenvalue weighted by Crippen LogP contribution is 2.00. The maximum atomic E-state index is 10.2. The van der Waals surface area contributed by atoms with E-state index < -0.39 is 0 Å². The predicted octanol–water partition coefficient (Wildman–Crippen LogP) is -0.336. The Balaban J connectivity index is 2.84. The minimum atomic E-state index is -0.186. The molecule has 0 unspecified atom stereocenters. The SMILES string of the molecule is NC(=O)CCCCCC[NH3+]. The Morgan fingerprint density at radius 1 is 1.20 bits per heavy atom. The minimum absolute atomic E-state index is 0.186. The van der Waals surface area contributed by atoms with Gasteiger partial charge in [0.25, 0.3) is 0 Å². The molecule has 0 spiro atoms. The lowest BCUT2D eigenvalue weighted by Gasteiger charge is -1.94. The van der Waals surface area contributed by atoms with Gasteiger partial charge in [0.2, 0.25) is 5.91 Å². The summed E-state index contributed by atoms with van der Waals surface area (Å²) in [6, 6.07) is 0. The number of rotatable bonds is 6. The van der Waals surface area contributed by atoms with Crippen LogP contribution in [-0.4, -0.2) is 12.5 Å². The second-order valence-electron chi connectivity index (χ2n) is 2.48. The van der Waals surface area contributed by atoms with Crippen molar-refractivity contribution in [3.05, 3.63) is 0 Å². The number of carbonyl (C=O) groups excluding carboxylic acids is 1. The van der Waals surface area contributed by atoms with Gasteiger partial charge in [0.05, 0.1) is 6.54 Å². The molecule has 0 aliphatic heterocycles. The van der Waals surface area contributed by atoms with Crippen molar-refractivity contribution < 1.29 is 10.5 Å². The largest absolute Gasteiger partial charge is 0.370 e. The normalized spacial score (nSPS) is 9.70. The van der Waals surface area contributed by atoms with Crippen LogP contribution in [0.5, 0.6) is 0 Å². The Morgan fingerprint density at radius 3 is 2.30 bits per heavy atom. The third kappa shape index (κ3) is 7.43. The Hall–Kier alpha value is -0.570. The van der Waals surface area contributed by atoms with E-state index in [1.54, 1.807) is 0 Å². The van der Waals surface area contributed by atoms with Gasteiger partial charge in [-0.2, -0.15) is 0 Å². The van der Waals surface area contributed by atoms with Gasteiger partial charge in [-0.1, -0.05) is 6.42 Å². The molecule has 0 radical (unpaired) electrons. The first-order valence-electron chi connectivity index (χ1n) is 3.85. The highest BCUT2D eigenvalue weighted by molar-refractivity contribution is 5.73. The molecule has 5 N–H and O–H groups in total. The minimum Gasteiger partial charge on any atom is -0.370 e. The summed E-state index contributed by atoms with van der Waals surface area (Å²) in [5.74, 6) is -0.186. The molecular formula is C7H17N2O+. The van der Waals surface area contributed by atoms with Crippen molar-refractivity contribution in [2.24, 2.45) is 5.73 Å². The molecule has 3 heteroatoms. The van der Waals surface area contributed by atoms with Crippen molar-refractivity contribution in [3.8, 4) is 0 Å². The average Bonchev–Trinajstić information content (AvgIpc) is 1.87. The summed E-state index contributed by atoms with van der Waals surface area (Å²) in [5, 5.41) is 0. The number of hydrogen-bond donors (Lipinski definition) is 2. The van der Waals surface area contributed by atoms with Gasteiger partial charge < -0.3 is 11.5 Å². The molecule has 0 aliphatic carbocycles. The number of unbranched alkanes of at least 4 members (excludes halogenated alkanes) is 3. The number of primary amides is 1. The molecule has 0 atom stereocenters. The quantitative estimate of drug-likeness (QED) is 0.493. The van der Waals surface area contributed by atoms with Crippen molar-refractivity contribution in [2.75, 3.05) is 6.54 Å². The van der Waals surface area contributed by atoms with Crippen LogP contribution in [0.25, 0.3) is 0 Å². The fourth-order valence-corrected chi connectivity index (χ4v) is 0.830. The van der Waals surface area contributed by atoms with Crippen molar-refractivity contribution in [1.82, 2.24) is 0 Å². The Kier molecular flexibility index (Phi) is 6.18. The molecule has 0 saturated carbocycles. The fourth-order valence-electron chi connectivity index (χ4n) is 0.830. The van der Waals surface area contributed by atoms with Crippen molar-refractivity contribution >= 4 is 5.91 Å². The van der Waals surface area contributed by atoms with E-state index in [9.17, 15) is 4.79 Å². The summed E-state index contributed by atoms with van der Waals surface area (Å²) in [5.41, 5.74) is 8.68. The molecule has 0 bridgehead atoms. The lowest BCUT2D eigenvalue weighted by atomic mass is 10.1. The van der Waals surface area contributed by atoms with Gasteiger partial charge in [-0.05, 0) is 19.3 Å². The predicted molar refractivity (Wildman–Crippen MR) is 40.0 cm³/mol. The molecule has 1 amide bonds. The average molecular weight is 145 g/mol. The zero-order valence-electron chi connectivity index (χ0n) is 6.44. The van der Waals surface area contributed by atoms with Crippen molar-refractivity contribution in [3.63, 3.8) is 0 Å². The fraction of sp³-hybridized carbons (Fsp3) is 0.857. The second-order valence-corrected chi connectivity index (χ2v) is 2.48. The maximum Gasteiger partial charge on any atom is 0.217 e. The first kappa shape index (κ1) is 9.43. The zero-order valence-corrected chi connectivity index (χ0v) is 6.44. The molecule has 3 nitrogen and oxygen atoms in total. The topological polar surface area (TPSA) is 70.7 Å². The molecule has 60 valence electrons. The third-order valence-electron chi connectivity index (χ3n) is 1.42. The van der Waals surface area contributed by atoms with E-state index in [2.05, 4.69) is 5.73 Å². The summed E-state index contributed by atoms with van der Waals surface area (Å²) >= 11 is 0. The van der Waals surface area contributed by atoms with Crippen LogP contribution in [0.4, 0.5) is 0 Å². The Morgan fingerprint density at radius 2 is 1.80 bits per heavy atom. The lowest BCUT2D eigenvalue weighted by molar-refractivity contribution is -0.368. The lowest BCUT2D eigenvalue weighted by Crippen LogP contribution is -2.50. The van der Waals surface area contributed by atoms with Crippen molar-refractivity contribution in [1.29, 1.82) is 0 Å². The van der Waals surface area contributed by atoms with Gasteiger partial charge in [-0.25, -0.2) is 0 Å². The van der Waals surface area contributed by atoms with E-state index in [0.717, 1.165) is 19.4 Å². The Labute approximate surface area is 61.8 Å². The van der Waals surface area contributed by atoms with Gasteiger partial charge in [0.15, 0.2) is 0 Å². The summed E-state index contributed by atoms with van der Waals surface area (Å²) < 4.78 is 0. The van der Waals surface area contributed by atoms with Gasteiger partial charge in [0.1, 0.15) is 0 Å². The summed E-state index contributed by atoms with van der Waals surface area (Å²) in [7, 11) is 0. The summed E-state index contributed by atoms with van der Waals surface area (Å²) in [6.07, 6.45) is 4.93. The molecule has 10 heavy (non-hydrogen) atoms. The number of quaternary nitrogens is 1. The van der Waals surface area contributed by atoms with E-state index in [1.807, 2.05) is 0 Å². The van der Waals surface area contributed by atoms with E-state index >= 15 is 0 Å². The molecule has 0 aliphatic rings. The van der Waals surface area contributed by atoms with Crippen LogP contribution in [0.1, 0.15) is 32.1 Å². The standard InChI is InChI=1S/C7H16N2O/c8-6-4-2-1-3-5-7(9)10/h1-6,8H2,(H2,9,10)/p+1. The van der Waals surface area contributed by atoms with E-state index in [1.165, 1.54) is 12.8 Å². The van der Waals surface area contributed by atoms with E-state index in [0.29, 0.717) is 6.42 Å². The number of nitrogens with two attached hydrogens (primary N) is 1. The molecule has 0 aromatic rings. The Bertz CT molecular complexity index is 93.6. The second kappa shape index (κ2) is 6.55. The van der Waals surface area contributed by atoms with E-state index in [-0.39, 0.29) is 5.91 Å². The molecule has 0 rings (SSSR count). The van der Waals surface area contributed by atoms with Crippen LogP contribution in [0.15, 0.2) is 0 Å². The van der Waals surface area contributed by atoms with Gasteiger partial charge in [-0.3, -0.25) is 4.79 Å². The van der Waals surface area contributed by atoms with Gasteiger partial charge in [-0.15, -0.1) is 0 Å². The third-order valence-corrected chi connectivity index (χ3v) is 1.42. The van der Waals surface area contributed by atoms with Crippen LogP contribution in [0.3, 0.4) is 0 Å². The monoisotopic (exact) mass is 145 g/mol. The zero-order chi connectivity index (χ0) is 7.82. The summed E-state index contributed by atoms with van der Waals surface area (Å²) in [4.78, 5) is 10.2. The summed E-state index contributed by atoms with van der Waals surface area (Å²) in [6.45, 7) is 0.997. The van der Waals surface area contributed by atoms with E-state index in [4.69, 9.17) is 5.73 Å². The highest BCUT2D eigenvalue weighted by Gasteiger charge is 1.93. The molecular weight excluding hydrogens is 128 g/mol. The molecule has 0 fully saturated rings. The molecule has 0 heterocycles. The van der Waals surface area contributed by atoms with Crippen LogP contribution in [-0.2, 0) is 4.79 Å². The first-order chi connectivity index (χ1) is 4.77. The number of hydrogen-bond acceptors (Lipinski definition) is 1. The maximum absolute atomic E-state index is 10.2. The van der Waals surface area contributed by atoms with Crippen LogP contribution < -0.4 is 11.5 Å². The van der Waals surface area contributed by atoms with Crippen LogP contribution in [0.2, 0.25) is 0 Å². The molecule has 0 aromatic heterocycles. The van der Waals surface area contributed by atoms with Crippen LogP contribution in [0, 0.1) is 0 Å². The number of carbonyl (C=O) groups is 1.